The molecule has 1 amide bonds. The van der Waals surface area contributed by atoms with Crippen LogP contribution in [0.5, 0.6) is 0 Å². The molecule has 0 aliphatic carbocycles. The number of aliphatic hydroxyl groups is 1. The van der Waals surface area contributed by atoms with Gasteiger partial charge in [-0.05, 0) is 62.7 Å². The van der Waals surface area contributed by atoms with Gasteiger partial charge in [0, 0.05) is 19.5 Å². The van der Waals surface area contributed by atoms with Crippen LogP contribution in [0.15, 0.2) is 54.6 Å². The first-order valence-electron chi connectivity index (χ1n) is 11.4. The molecule has 0 aromatic heterocycles. The molecular formula is C26H34N2O2. The molecule has 4 heteroatoms. The van der Waals surface area contributed by atoms with Crippen molar-refractivity contribution < 1.29 is 9.90 Å². The van der Waals surface area contributed by atoms with Crippen LogP contribution in [-0.4, -0.2) is 53.5 Å². The molecule has 30 heavy (non-hydrogen) atoms. The number of hydrogen-bond donors (Lipinski definition) is 1. The second-order valence-corrected chi connectivity index (χ2v) is 9.19. The summed E-state index contributed by atoms with van der Waals surface area (Å²) >= 11 is 0. The van der Waals surface area contributed by atoms with Gasteiger partial charge in [-0.15, -0.1) is 0 Å². The minimum atomic E-state index is -0.899. The molecule has 1 atom stereocenters. The third-order valence-corrected chi connectivity index (χ3v) is 6.92. The van der Waals surface area contributed by atoms with Gasteiger partial charge in [-0.25, -0.2) is 0 Å². The predicted octanol–water partition coefficient (Wildman–Crippen LogP) is 3.76. The first kappa shape index (κ1) is 21.1. The third kappa shape index (κ3) is 5.11. The van der Waals surface area contributed by atoms with Gasteiger partial charge in [-0.1, -0.05) is 60.2 Å². The maximum Gasteiger partial charge on any atom is 0.222 e. The summed E-state index contributed by atoms with van der Waals surface area (Å²) in [6.45, 7) is 6.38. The Morgan fingerprint density at radius 2 is 1.73 bits per heavy atom. The molecule has 4 rings (SSSR count). The van der Waals surface area contributed by atoms with E-state index in [4.69, 9.17) is 0 Å². The van der Waals surface area contributed by atoms with E-state index in [1.165, 1.54) is 11.1 Å². The summed E-state index contributed by atoms with van der Waals surface area (Å²) in [5, 5.41) is 11.1. The SMILES string of the molecule is Cc1ccc([C@@]2(O)CCN(C(=O)CC3CCN(CCc4ccccc4)CC3)C2)cc1. The first-order valence-corrected chi connectivity index (χ1v) is 11.4. The van der Waals surface area contributed by atoms with Gasteiger partial charge >= 0.3 is 0 Å². The van der Waals surface area contributed by atoms with Crippen molar-refractivity contribution in [2.75, 3.05) is 32.7 Å². The summed E-state index contributed by atoms with van der Waals surface area (Å²) in [4.78, 5) is 17.3. The summed E-state index contributed by atoms with van der Waals surface area (Å²) in [5.41, 5.74) is 2.60. The van der Waals surface area contributed by atoms with E-state index in [-0.39, 0.29) is 5.91 Å². The van der Waals surface area contributed by atoms with Crippen molar-refractivity contribution in [2.24, 2.45) is 5.92 Å². The van der Waals surface area contributed by atoms with Crippen LogP contribution in [0, 0.1) is 12.8 Å². The van der Waals surface area contributed by atoms with Gasteiger partial charge < -0.3 is 14.9 Å². The van der Waals surface area contributed by atoms with Gasteiger partial charge in [-0.2, -0.15) is 0 Å². The van der Waals surface area contributed by atoms with Gasteiger partial charge in [0.1, 0.15) is 5.60 Å². The molecule has 2 heterocycles. The van der Waals surface area contributed by atoms with Crippen molar-refractivity contribution in [2.45, 2.75) is 44.6 Å². The monoisotopic (exact) mass is 406 g/mol. The summed E-state index contributed by atoms with van der Waals surface area (Å²) in [5.74, 6) is 0.680. The van der Waals surface area contributed by atoms with E-state index < -0.39 is 5.60 Å². The Labute approximate surface area is 180 Å². The van der Waals surface area contributed by atoms with E-state index in [0.717, 1.165) is 44.5 Å². The molecule has 0 radical (unpaired) electrons. The Kier molecular flexibility index (Phi) is 6.55. The van der Waals surface area contributed by atoms with E-state index in [1.54, 1.807) is 0 Å². The lowest BCUT2D eigenvalue weighted by atomic mass is 9.92. The van der Waals surface area contributed by atoms with Crippen LogP contribution in [0.4, 0.5) is 0 Å². The number of piperidine rings is 1. The molecule has 160 valence electrons. The van der Waals surface area contributed by atoms with Crippen molar-refractivity contribution in [3.05, 3.63) is 71.3 Å². The number of amides is 1. The summed E-state index contributed by atoms with van der Waals surface area (Å²) < 4.78 is 0. The maximum atomic E-state index is 12.9. The van der Waals surface area contributed by atoms with E-state index in [2.05, 4.69) is 35.2 Å². The Morgan fingerprint density at radius 1 is 1.03 bits per heavy atom. The van der Waals surface area contributed by atoms with Crippen LogP contribution in [0.2, 0.25) is 0 Å². The molecule has 0 spiro atoms. The zero-order valence-electron chi connectivity index (χ0n) is 18.1. The van der Waals surface area contributed by atoms with Crippen molar-refractivity contribution in [3.63, 3.8) is 0 Å². The minimum Gasteiger partial charge on any atom is -0.383 e. The smallest absolute Gasteiger partial charge is 0.222 e. The van der Waals surface area contributed by atoms with E-state index in [9.17, 15) is 9.90 Å². The number of likely N-dealkylation sites (tertiary alicyclic amines) is 2. The standard InChI is InChI=1S/C26H34N2O2/c1-21-7-9-24(10-8-21)26(30)14-18-28(20-26)25(29)19-23-12-16-27(17-13-23)15-11-22-5-3-2-4-6-22/h2-10,23,30H,11-20H2,1H3/t26-/m1/s1. The highest BCUT2D eigenvalue weighted by Gasteiger charge is 2.39. The molecule has 2 fully saturated rings. The fourth-order valence-corrected chi connectivity index (χ4v) is 4.83. The number of aryl methyl sites for hydroxylation is 1. The summed E-state index contributed by atoms with van der Waals surface area (Å²) in [6.07, 6.45) is 4.53. The molecule has 0 bridgehead atoms. The number of β-amino-alcohol motifs (C(OH)–C–C–N with tert-alkyl or cyclic N) is 1. The van der Waals surface area contributed by atoms with Crippen LogP contribution in [-0.2, 0) is 16.8 Å². The molecule has 4 nitrogen and oxygen atoms in total. The zero-order chi connectivity index (χ0) is 21.0. The molecule has 2 saturated heterocycles. The van der Waals surface area contributed by atoms with E-state index >= 15 is 0 Å². The lowest BCUT2D eigenvalue weighted by molar-refractivity contribution is -0.132. The molecule has 0 unspecified atom stereocenters. The molecule has 2 aliphatic rings. The highest BCUT2D eigenvalue weighted by atomic mass is 16.3. The van der Waals surface area contributed by atoms with Gasteiger partial charge in [0.2, 0.25) is 5.91 Å². The average molecular weight is 407 g/mol. The third-order valence-electron chi connectivity index (χ3n) is 6.92. The molecule has 2 aromatic rings. The molecule has 2 aliphatic heterocycles. The van der Waals surface area contributed by atoms with Crippen molar-refractivity contribution >= 4 is 5.91 Å². The second-order valence-electron chi connectivity index (χ2n) is 9.19. The molecular weight excluding hydrogens is 372 g/mol. The van der Waals surface area contributed by atoms with Crippen molar-refractivity contribution in [1.29, 1.82) is 0 Å². The fraction of sp³-hybridized carbons (Fsp3) is 0.500. The number of nitrogens with zero attached hydrogens (tertiary/aromatic N) is 2. The van der Waals surface area contributed by atoms with Crippen molar-refractivity contribution in [1.82, 2.24) is 9.80 Å². The van der Waals surface area contributed by atoms with Crippen molar-refractivity contribution in [3.8, 4) is 0 Å². The fourth-order valence-electron chi connectivity index (χ4n) is 4.83. The number of rotatable bonds is 6. The van der Waals surface area contributed by atoms with Crippen LogP contribution in [0.3, 0.4) is 0 Å². The van der Waals surface area contributed by atoms with E-state index in [0.29, 0.717) is 31.8 Å². The minimum absolute atomic E-state index is 0.209. The number of carbonyl (C=O) groups is 1. The summed E-state index contributed by atoms with van der Waals surface area (Å²) in [7, 11) is 0. The highest BCUT2D eigenvalue weighted by molar-refractivity contribution is 5.77. The Bertz CT molecular complexity index is 828. The lowest BCUT2D eigenvalue weighted by Crippen LogP contribution is -2.38. The Hall–Kier alpha value is -2.17. The molecule has 1 N–H and O–H groups in total. The van der Waals surface area contributed by atoms with E-state index in [1.807, 2.05) is 36.1 Å². The lowest BCUT2D eigenvalue weighted by Gasteiger charge is -2.32. The van der Waals surface area contributed by atoms with Gasteiger partial charge in [0.25, 0.3) is 0 Å². The molecule has 0 saturated carbocycles. The normalized spacial score (nSPS) is 23.1. The quantitative estimate of drug-likeness (QED) is 0.794. The van der Waals surface area contributed by atoms with Gasteiger partial charge in [0.05, 0.1) is 6.54 Å². The van der Waals surface area contributed by atoms with Crippen LogP contribution in [0.25, 0.3) is 0 Å². The first-order chi connectivity index (χ1) is 14.5. The maximum absolute atomic E-state index is 12.9. The molecule has 2 aromatic carbocycles. The highest BCUT2D eigenvalue weighted by Crippen LogP contribution is 2.33. The van der Waals surface area contributed by atoms with Gasteiger partial charge in [0.15, 0.2) is 0 Å². The number of benzene rings is 2. The largest absolute Gasteiger partial charge is 0.383 e. The average Bonchev–Trinajstić information content (AvgIpc) is 3.18. The predicted molar refractivity (Wildman–Crippen MR) is 120 cm³/mol. The Balaban J connectivity index is 1.22. The number of carbonyl (C=O) groups excluding carboxylic acids is 1. The van der Waals surface area contributed by atoms with Crippen LogP contribution < -0.4 is 0 Å². The number of hydrogen-bond acceptors (Lipinski definition) is 3. The Morgan fingerprint density at radius 3 is 2.43 bits per heavy atom. The summed E-state index contributed by atoms with van der Waals surface area (Å²) in [6, 6.07) is 18.7. The topological polar surface area (TPSA) is 43.8 Å². The van der Waals surface area contributed by atoms with Crippen LogP contribution >= 0.6 is 0 Å². The van der Waals surface area contributed by atoms with Crippen LogP contribution in [0.1, 0.15) is 42.4 Å². The van der Waals surface area contributed by atoms with Gasteiger partial charge in [-0.3, -0.25) is 4.79 Å². The second kappa shape index (κ2) is 9.32. The zero-order valence-corrected chi connectivity index (χ0v) is 18.1.